The number of hydrogen-bond donors (Lipinski definition) is 0. The molecule has 0 aliphatic carbocycles. The lowest BCUT2D eigenvalue weighted by molar-refractivity contribution is -0.137. The molecule has 140 valence electrons. The number of ether oxygens (including phenoxy) is 3. The molecule has 0 bridgehead atoms. The summed E-state index contributed by atoms with van der Waals surface area (Å²) < 4.78 is 15.9. The first-order chi connectivity index (χ1) is 12.2. The lowest BCUT2D eigenvalue weighted by Crippen LogP contribution is -2.40. The van der Waals surface area contributed by atoms with Gasteiger partial charge in [-0.3, -0.25) is 4.79 Å². The summed E-state index contributed by atoms with van der Waals surface area (Å²) in [6, 6.07) is 0. The standard InChI is InChI=1S/C18H29N3O4/c1-4-24-13-17(22)21-7-5-15(6-8-21)18-16(11-19-14(2)20-18)12-25-10-9-23-3/h11,15H,4-10,12-13H2,1-3H3. The van der Waals surface area contributed by atoms with Crippen LogP contribution in [0.15, 0.2) is 6.20 Å². The Morgan fingerprint density at radius 2 is 2.04 bits per heavy atom. The Morgan fingerprint density at radius 3 is 2.72 bits per heavy atom. The monoisotopic (exact) mass is 351 g/mol. The van der Waals surface area contributed by atoms with Crippen LogP contribution >= 0.6 is 0 Å². The summed E-state index contributed by atoms with van der Waals surface area (Å²) in [6.07, 6.45) is 3.66. The summed E-state index contributed by atoms with van der Waals surface area (Å²) >= 11 is 0. The number of hydrogen-bond acceptors (Lipinski definition) is 6. The van der Waals surface area contributed by atoms with Crippen LogP contribution < -0.4 is 0 Å². The molecule has 0 saturated carbocycles. The number of carbonyl (C=O) groups excluding carboxylic acids is 1. The number of carbonyl (C=O) groups is 1. The summed E-state index contributed by atoms with van der Waals surface area (Å²) in [4.78, 5) is 22.9. The molecule has 1 saturated heterocycles. The zero-order chi connectivity index (χ0) is 18.1. The molecule has 7 nitrogen and oxygen atoms in total. The first kappa shape index (κ1) is 19.8. The van der Waals surface area contributed by atoms with E-state index in [4.69, 9.17) is 14.2 Å². The van der Waals surface area contributed by atoms with Crippen LogP contribution in [0.25, 0.3) is 0 Å². The van der Waals surface area contributed by atoms with E-state index in [0.717, 1.165) is 43.0 Å². The van der Waals surface area contributed by atoms with E-state index in [-0.39, 0.29) is 12.5 Å². The molecular weight excluding hydrogens is 322 g/mol. The van der Waals surface area contributed by atoms with Gasteiger partial charge in [0.15, 0.2) is 0 Å². The fraction of sp³-hybridized carbons (Fsp3) is 0.722. The molecule has 0 unspecified atom stereocenters. The number of methoxy groups -OCH3 is 1. The maximum absolute atomic E-state index is 12.1. The molecule has 0 aromatic carbocycles. The van der Waals surface area contributed by atoms with Gasteiger partial charge in [0.2, 0.25) is 5.91 Å². The maximum Gasteiger partial charge on any atom is 0.248 e. The van der Waals surface area contributed by atoms with Crippen molar-refractivity contribution in [1.29, 1.82) is 0 Å². The van der Waals surface area contributed by atoms with E-state index in [9.17, 15) is 4.79 Å². The Balaban J connectivity index is 1.95. The number of rotatable bonds is 9. The van der Waals surface area contributed by atoms with Crippen molar-refractivity contribution in [3.05, 3.63) is 23.3 Å². The highest BCUT2D eigenvalue weighted by Crippen LogP contribution is 2.29. The summed E-state index contributed by atoms with van der Waals surface area (Å²) in [5.74, 6) is 1.17. The lowest BCUT2D eigenvalue weighted by atomic mass is 9.91. The van der Waals surface area contributed by atoms with Crippen LogP contribution in [0.2, 0.25) is 0 Å². The molecule has 7 heteroatoms. The highest BCUT2D eigenvalue weighted by atomic mass is 16.5. The molecule has 1 aliphatic rings. The van der Waals surface area contributed by atoms with Gasteiger partial charge in [0.25, 0.3) is 0 Å². The van der Waals surface area contributed by atoms with E-state index < -0.39 is 0 Å². The van der Waals surface area contributed by atoms with Crippen molar-refractivity contribution in [2.45, 2.75) is 39.2 Å². The van der Waals surface area contributed by atoms with E-state index in [2.05, 4.69) is 9.97 Å². The van der Waals surface area contributed by atoms with Crippen LogP contribution in [0.5, 0.6) is 0 Å². The lowest BCUT2D eigenvalue weighted by Gasteiger charge is -2.32. The second kappa shape index (κ2) is 10.4. The van der Waals surface area contributed by atoms with Crippen molar-refractivity contribution in [3.63, 3.8) is 0 Å². The van der Waals surface area contributed by atoms with Crippen molar-refractivity contribution in [2.75, 3.05) is 46.6 Å². The van der Waals surface area contributed by atoms with Gasteiger partial charge in [-0.1, -0.05) is 0 Å². The highest BCUT2D eigenvalue weighted by Gasteiger charge is 2.26. The molecule has 25 heavy (non-hydrogen) atoms. The maximum atomic E-state index is 12.1. The fourth-order valence-corrected chi connectivity index (χ4v) is 2.98. The molecule has 1 aromatic rings. The third-order valence-electron chi connectivity index (χ3n) is 4.37. The number of piperidine rings is 1. The minimum absolute atomic E-state index is 0.0716. The molecule has 1 fully saturated rings. The Bertz CT molecular complexity index is 545. The van der Waals surface area contributed by atoms with Crippen molar-refractivity contribution in [1.82, 2.24) is 14.9 Å². The van der Waals surface area contributed by atoms with Gasteiger partial charge in [-0.2, -0.15) is 0 Å². The highest BCUT2D eigenvalue weighted by molar-refractivity contribution is 5.77. The van der Waals surface area contributed by atoms with E-state index in [0.29, 0.717) is 32.3 Å². The third-order valence-corrected chi connectivity index (χ3v) is 4.37. The van der Waals surface area contributed by atoms with E-state index in [1.54, 1.807) is 7.11 Å². The molecular formula is C18H29N3O4. The van der Waals surface area contributed by atoms with E-state index in [1.807, 2.05) is 24.9 Å². The van der Waals surface area contributed by atoms with Crippen LogP contribution in [0.3, 0.4) is 0 Å². The van der Waals surface area contributed by atoms with Crippen LogP contribution in [0.1, 0.15) is 42.8 Å². The van der Waals surface area contributed by atoms with Gasteiger partial charge in [0.05, 0.1) is 25.5 Å². The minimum atomic E-state index is 0.0716. The zero-order valence-corrected chi connectivity index (χ0v) is 15.5. The predicted molar refractivity (Wildman–Crippen MR) is 93.3 cm³/mol. The molecule has 0 N–H and O–H groups in total. The summed E-state index contributed by atoms with van der Waals surface area (Å²) in [6.45, 7) is 7.63. The average Bonchev–Trinajstić information content (AvgIpc) is 2.64. The van der Waals surface area contributed by atoms with Gasteiger partial charge in [-0.25, -0.2) is 9.97 Å². The van der Waals surface area contributed by atoms with Crippen LogP contribution in [-0.4, -0.2) is 67.4 Å². The largest absolute Gasteiger partial charge is 0.382 e. The van der Waals surface area contributed by atoms with Crippen molar-refractivity contribution >= 4 is 5.91 Å². The minimum Gasteiger partial charge on any atom is -0.382 e. The molecule has 1 aromatic heterocycles. The zero-order valence-electron chi connectivity index (χ0n) is 15.5. The normalized spacial score (nSPS) is 15.6. The Hall–Kier alpha value is -1.57. The van der Waals surface area contributed by atoms with Crippen molar-refractivity contribution < 1.29 is 19.0 Å². The molecule has 1 amide bonds. The number of amides is 1. The SMILES string of the molecule is CCOCC(=O)N1CCC(c2nc(C)ncc2COCCOC)CC1. The second-order valence-corrected chi connectivity index (χ2v) is 6.17. The summed E-state index contributed by atoms with van der Waals surface area (Å²) in [5, 5.41) is 0. The number of likely N-dealkylation sites (tertiary alicyclic amines) is 1. The molecule has 0 spiro atoms. The first-order valence-corrected chi connectivity index (χ1v) is 8.90. The second-order valence-electron chi connectivity index (χ2n) is 6.17. The number of nitrogens with zero attached hydrogens (tertiary/aromatic N) is 3. The summed E-state index contributed by atoms with van der Waals surface area (Å²) in [7, 11) is 1.66. The van der Waals surface area contributed by atoms with Gasteiger partial charge in [0.1, 0.15) is 12.4 Å². The molecule has 0 atom stereocenters. The third kappa shape index (κ3) is 6.02. The van der Waals surface area contributed by atoms with Crippen molar-refractivity contribution in [3.8, 4) is 0 Å². The molecule has 2 heterocycles. The van der Waals surface area contributed by atoms with Gasteiger partial charge < -0.3 is 19.1 Å². The summed E-state index contributed by atoms with van der Waals surface area (Å²) in [5.41, 5.74) is 2.09. The quantitative estimate of drug-likeness (QED) is 0.631. The van der Waals surface area contributed by atoms with E-state index >= 15 is 0 Å². The van der Waals surface area contributed by atoms with Gasteiger partial charge in [-0.05, 0) is 26.7 Å². The number of aryl methyl sites for hydroxylation is 1. The molecule has 2 rings (SSSR count). The Labute approximate surface area is 149 Å². The van der Waals surface area contributed by atoms with Crippen LogP contribution in [-0.2, 0) is 25.6 Å². The molecule has 0 radical (unpaired) electrons. The van der Waals surface area contributed by atoms with Gasteiger partial charge in [0, 0.05) is 44.5 Å². The smallest absolute Gasteiger partial charge is 0.248 e. The van der Waals surface area contributed by atoms with Gasteiger partial charge >= 0.3 is 0 Å². The number of aromatic nitrogens is 2. The Morgan fingerprint density at radius 1 is 1.28 bits per heavy atom. The van der Waals surface area contributed by atoms with Crippen LogP contribution in [0, 0.1) is 6.92 Å². The van der Waals surface area contributed by atoms with Crippen LogP contribution in [0.4, 0.5) is 0 Å². The van der Waals surface area contributed by atoms with Crippen molar-refractivity contribution in [2.24, 2.45) is 0 Å². The fourth-order valence-electron chi connectivity index (χ4n) is 2.98. The van der Waals surface area contributed by atoms with E-state index in [1.165, 1.54) is 0 Å². The Kier molecular flexibility index (Phi) is 8.24. The van der Waals surface area contributed by atoms with Gasteiger partial charge in [-0.15, -0.1) is 0 Å². The average molecular weight is 351 g/mol. The topological polar surface area (TPSA) is 73.8 Å². The predicted octanol–water partition coefficient (Wildman–Crippen LogP) is 1.69. The molecule has 1 aliphatic heterocycles. The first-order valence-electron chi connectivity index (χ1n) is 8.90.